The summed E-state index contributed by atoms with van der Waals surface area (Å²) in [6.07, 6.45) is -4.81. The fourth-order valence-corrected chi connectivity index (χ4v) is 1.40. The number of rotatable bonds is 2. The van der Waals surface area contributed by atoms with Crippen molar-refractivity contribution in [2.24, 2.45) is 5.18 Å². The van der Waals surface area contributed by atoms with Crippen molar-refractivity contribution in [3.8, 4) is 0 Å². The first-order valence-electron chi connectivity index (χ1n) is 3.71. The monoisotopic (exact) mass is 241 g/mol. The summed E-state index contributed by atoms with van der Waals surface area (Å²) in [7, 11) is 0. The number of benzene rings is 1. The second kappa shape index (κ2) is 4.14. The highest BCUT2D eigenvalue weighted by atomic mass is 35.5. The fraction of sp³-hybridized carbons (Fsp3) is 0.250. The molecule has 0 radical (unpaired) electrons. The maximum atomic E-state index is 13.0. The van der Waals surface area contributed by atoms with E-state index < -0.39 is 34.7 Å². The van der Waals surface area contributed by atoms with Crippen molar-refractivity contribution < 1.29 is 17.6 Å². The summed E-state index contributed by atoms with van der Waals surface area (Å²) < 4.78 is 50.2. The third kappa shape index (κ3) is 2.44. The summed E-state index contributed by atoms with van der Waals surface area (Å²) in [6.45, 7) is -0.902. The second-order valence-electron chi connectivity index (χ2n) is 2.67. The first-order valence-corrected chi connectivity index (χ1v) is 4.09. The van der Waals surface area contributed by atoms with Gasteiger partial charge in [-0.3, -0.25) is 0 Å². The summed E-state index contributed by atoms with van der Waals surface area (Å²) in [5, 5.41) is 1.58. The van der Waals surface area contributed by atoms with Gasteiger partial charge in [-0.1, -0.05) is 16.8 Å². The lowest BCUT2D eigenvalue weighted by Gasteiger charge is -2.13. The average Bonchev–Trinajstić information content (AvgIpc) is 2.09. The molecule has 0 bridgehead atoms. The van der Waals surface area contributed by atoms with E-state index in [0.29, 0.717) is 0 Å². The number of halogens is 5. The lowest BCUT2D eigenvalue weighted by atomic mass is 10.1. The van der Waals surface area contributed by atoms with Gasteiger partial charge in [0.2, 0.25) is 0 Å². The van der Waals surface area contributed by atoms with Gasteiger partial charge in [0.15, 0.2) is 0 Å². The van der Waals surface area contributed by atoms with Crippen LogP contribution in [0.25, 0.3) is 0 Å². The summed E-state index contributed by atoms with van der Waals surface area (Å²) in [5.41, 5.74) is -2.17. The van der Waals surface area contributed by atoms with Crippen molar-refractivity contribution in [2.45, 2.75) is 12.7 Å². The molecule has 15 heavy (non-hydrogen) atoms. The molecule has 0 unspecified atom stereocenters. The highest BCUT2D eigenvalue weighted by Gasteiger charge is 2.37. The molecule has 1 aromatic carbocycles. The Balaban J connectivity index is 3.44. The lowest BCUT2D eigenvalue weighted by molar-refractivity contribution is -0.138. The average molecular weight is 242 g/mol. The number of nitrogens with zero attached hydrogens (tertiary/aromatic N) is 1. The summed E-state index contributed by atoms with van der Waals surface area (Å²) in [5.74, 6) is -1.15. The smallest absolute Gasteiger partial charge is 0.207 e. The van der Waals surface area contributed by atoms with Gasteiger partial charge in [0.25, 0.3) is 0 Å². The molecule has 0 spiro atoms. The SMILES string of the molecule is O=NCc1c(F)ccc(Cl)c1C(F)(F)F. The Hall–Kier alpha value is -1.17. The zero-order chi connectivity index (χ0) is 11.6. The first kappa shape index (κ1) is 11.9. The minimum absolute atomic E-state index is 0.650. The molecular formula is C8H4ClF4NO. The third-order valence-corrected chi connectivity index (χ3v) is 2.03. The molecule has 0 aliphatic carbocycles. The van der Waals surface area contributed by atoms with Crippen LogP contribution >= 0.6 is 11.6 Å². The molecule has 0 fully saturated rings. The number of nitroso groups, excluding NO2 is 1. The van der Waals surface area contributed by atoms with Gasteiger partial charge in [0.05, 0.1) is 10.6 Å². The van der Waals surface area contributed by atoms with Crippen LogP contribution in [0, 0.1) is 10.7 Å². The molecule has 0 atom stereocenters. The molecule has 0 saturated heterocycles. The number of hydrogen-bond acceptors (Lipinski definition) is 2. The second-order valence-corrected chi connectivity index (χ2v) is 3.07. The van der Waals surface area contributed by atoms with E-state index in [-0.39, 0.29) is 0 Å². The Kier molecular flexibility index (Phi) is 3.28. The molecule has 1 rings (SSSR count). The molecule has 1 aromatic rings. The Bertz CT molecular complexity index is 391. The Morgan fingerprint density at radius 3 is 2.40 bits per heavy atom. The third-order valence-electron chi connectivity index (χ3n) is 1.71. The van der Waals surface area contributed by atoms with E-state index in [1.807, 2.05) is 0 Å². The van der Waals surface area contributed by atoms with Gasteiger partial charge in [0.1, 0.15) is 12.4 Å². The van der Waals surface area contributed by atoms with Crippen LogP contribution in [0.2, 0.25) is 5.02 Å². The van der Waals surface area contributed by atoms with Crippen molar-refractivity contribution >= 4 is 11.6 Å². The highest BCUT2D eigenvalue weighted by molar-refractivity contribution is 6.31. The largest absolute Gasteiger partial charge is 0.418 e. The normalized spacial score (nSPS) is 11.5. The van der Waals surface area contributed by atoms with Gasteiger partial charge in [-0.05, 0) is 12.1 Å². The van der Waals surface area contributed by atoms with E-state index in [0.717, 1.165) is 12.1 Å². The van der Waals surface area contributed by atoms with Crippen LogP contribution in [-0.2, 0) is 12.7 Å². The van der Waals surface area contributed by atoms with E-state index in [1.54, 1.807) is 0 Å². The van der Waals surface area contributed by atoms with Crippen LogP contribution in [0.4, 0.5) is 17.6 Å². The van der Waals surface area contributed by atoms with Crippen molar-refractivity contribution in [3.63, 3.8) is 0 Å². The van der Waals surface area contributed by atoms with Crippen molar-refractivity contribution in [3.05, 3.63) is 39.0 Å². The number of alkyl halides is 3. The highest BCUT2D eigenvalue weighted by Crippen LogP contribution is 2.38. The van der Waals surface area contributed by atoms with Gasteiger partial charge < -0.3 is 0 Å². The maximum absolute atomic E-state index is 13.0. The predicted molar refractivity (Wildman–Crippen MR) is 45.9 cm³/mol. The van der Waals surface area contributed by atoms with Gasteiger partial charge in [-0.15, -0.1) is 0 Å². The van der Waals surface area contributed by atoms with Crippen molar-refractivity contribution in [2.75, 3.05) is 0 Å². The van der Waals surface area contributed by atoms with E-state index in [4.69, 9.17) is 11.6 Å². The zero-order valence-electron chi connectivity index (χ0n) is 7.11. The molecule has 0 aromatic heterocycles. The Morgan fingerprint density at radius 1 is 1.33 bits per heavy atom. The molecule has 7 heteroatoms. The van der Waals surface area contributed by atoms with Crippen molar-refractivity contribution in [1.82, 2.24) is 0 Å². The van der Waals surface area contributed by atoms with Crippen LogP contribution in [-0.4, -0.2) is 0 Å². The van der Waals surface area contributed by atoms with Crippen LogP contribution in [0.15, 0.2) is 17.3 Å². The van der Waals surface area contributed by atoms with E-state index in [9.17, 15) is 22.5 Å². The minimum Gasteiger partial charge on any atom is -0.207 e. The molecule has 82 valence electrons. The minimum atomic E-state index is -4.81. The number of hydrogen-bond donors (Lipinski definition) is 0. The molecular weight excluding hydrogens is 238 g/mol. The molecule has 0 saturated carbocycles. The predicted octanol–water partition coefficient (Wildman–Crippen LogP) is 3.76. The zero-order valence-corrected chi connectivity index (χ0v) is 7.86. The Morgan fingerprint density at radius 2 is 1.93 bits per heavy atom. The van der Waals surface area contributed by atoms with Crippen LogP contribution in [0.5, 0.6) is 0 Å². The molecule has 0 aliphatic rings. The Labute approximate surface area is 86.8 Å². The summed E-state index contributed by atoms with van der Waals surface area (Å²) in [6, 6.07) is 1.55. The van der Waals surface area contributed by atoms with E-state index in [1.165, 1.54) is 0 Å². The quantitative estimate of drug-likeness (QED) is 0.572. The van der Waals surface area contributed by atoms with Crippen molar-refractivity contribution in [1.29, 1.82) is 0 Å². The van der Waals surface area contributed by atoms with E-state index in [2.05, 4.69) is 5.18 Å². The van der Waals surface area contributed by atoms with Crippen LogP contribution in [0.1, 0.15) is 11.1 Å². The lowest BCUT2D eigenvalue weighted by Crippen LogP contribution is -2.11. The fourth-order valence-electron chi connectivity index (χ4n) is 1.12. The van der Waals surface area contributed by atoms with Gasteiger partial charge in [-0.25, -0.2) is 4.39 Å². The van der Waals surface area contributed by atoms with Crippen LogP contribution < -0.4 is 0 Å². The van der Waals surface area contributed by atoms with E-state index >= 15 is 0 Å². The van der Waals surface area contributed by atoms with Gasteiger partial charge >= 0.3 is 6.18 Å². The summed E-state index contributed by atoms with van der Waals surface area (Å²) >= 11 is 5.29. The maximum Gasteiger partial charge on any atom is 0.418 e. The molecule has 0 aliphatic heterocycles. The molecule has 0 amide bonds. The van der Waals surface area contributed by atoms with Gasteiger partial charge in [-0.2, -0.15) is 18.1 Å². The standard InChI is InChI=1S/C8H4ClF4NO/c9-5-1-2-6(10)4(3-14-15)7(5)8(11,12)13/h1-2H,3H2. The topological polar surface area (TPSA) is 29.4 Å². The molecule has 0 N–H and O–H groups in total. The summed E-state index contributed by atoms with van der Waals surface area (Å²) in [4.78, 5) is 9.89. The molecule has 0 heterocycles. The van der Waals surface area contributed by atoms with Gasteiger partial charge in [0, 0.05) is 5.56 Å². The van der Waals surface area contributed by atoms with Crippen LogP contribution in [0.3, 0.4) is 0 Å². The first-order chi connectivity index (χ1) is 6.88. The molecule has 2 nitrogen and oxygen atoms in total.